The van der Waals surface area contributed by atoms with Crippen LogP contribution in [0.2, 0.25) is 0 Å². The predicted molar refractivity (Wildman–Crippen MR) is 74.5 cm³/mol. The number of hydrogen-bond acceptors (Lipinski definition) is 6. The fraction of sp³-hybridized carbons (Fsp3) is 0.857. The van der Waals surface area contributed by atoms with E-state index in [1.807, 2.05) is 0 Å². The van der Waals surface area contributed by atoms with Gasteiger partial charge in [-0.25, -0.2) is 0 Å². The maximum atomic E-state index is 5.72. The third-order valence-electron chi connectivity index (χ3n) is 4.23. The number of ether oxygens (including phenoxy) is 1. The molecule has 3 heterocycles. The van der Waals surface area contributed by atoms with Crippen LogP contribution in [0.15, 0.2) is 4.52 Å². The van der Waals surface area contributed by atoms with Gasteiger partial charge in [0.15, 0.2) is 5.82 Å². The molecular formula is C14H24N4O2. The first-order valence-electron chi connectivity index (χ1n) is 7.72. The van der Waals surface area contributed by atoms with E-state index in [9.17, 15) is 0 Å². The summed E-state index contributed by atoms with van der Waals surface area (Å²) in [6, 6.07) is 0.224. The molecule has 2 unspecified atom stereocenters. The molecule has 6 heteroatoms. The molecule has 1 aromatic heterocycles. The highest BCUT2D eigenvalue weighted by molar-refractivity contribution is 4.95. The molecule has 2 saturated heterocycles. The molecule has 3 rings (SSSR count). The van der Waals surface area contributed by atoms with E-state index in [4.69, 9.17) is 9.26 Å². The molecule has 0 aliphatic carbocycles. The minimum absolute atomic E-state index is 0.224. The SMILES string of the molecule is CC(c1noc(CC2CCCCO2)n1)N1CCNCC1. The van der Waals surface area contributed by atoms with E-state index in [0.717, 1.165) is 51.5 Å². The Morgan fingerprint density at radius 3 is 2.95 bits per heavy atom. The Morgan fingerprint density at radius 2 is 2.20 bits per heavy atom. The van der Waals surface area contributed by atoms with E-state index >= 15 is 0 Å². The van der Waals surface area contributed by atoms with Crippen molar-refractivity contribution in [1.29, 1.82) is 0 Å². The predicted octanol–water partition coefficient (Wildman–Crippen LogP) is 1.15. The highest BCUT2D eigenvalue weighted by atomic mass is 16.5. The van der Waals surface area contributed by atoms with E-state index in [-0.39, 0.29) is 12.1 Å². The number of nitrogens with zero attached hydrogens (tertiary/aromatic N) is 3. The van der Waals surface area contributed by atoms with Crippen LogP contribution in [0.3, 0.4) is 0 Å². The standard InChI is InChI=1S/C14H24N4O2/c1-11(18-7-5-15-6-8-18)14-16-13(20-17-14)10-12-4-2-3-9-19-12/h11-12,15H,2-10H2,1H3. The molecular weight excluding hydrogens is 256 g/mol. The molecule has 0 saturated carbocycles. The minimum atomic E-state index is 0.224. The minimum Gasteiger partial charge on any atom is -0.378 e. The quantitative estimate of drug-likeness (QED) is 0.892. The van der Waals surface area contributed by atoms with Crippen LogP contribution in [0, 0.1) is 0 Å². The number of nitrogens with one attached hydrogen (secondary N) is 1. The Hall–Kier alpha value is -0.980. The van der Waals surface area contributed by atoms with Crippen LogP contribution in [0.5, 0.6) is 0 Å². The van der Waals surface area contributed by atoms with Gasteiger partial charge in [-0.3, -0.25) is 4.90 Å². The first-order chi connectivity index (χ1) is 9.83. The second-order valence-corrected chi connectivity index (χ2v) is 5.70. The molecule has 6 nitrogen and oxygen atoms in total. The summed E-state index contributed by atoms with van der Waals surface area (Å²) in [4.78, 5) is 6.95. The lowest BCUT2D eigenvalue weighted by molar-refractivity contribution is 0.0124. The zero-order chi connectivity index (χ0) is 13.8. The molecule has 0 bridgehead atoms. The molecule has 1 aromatic rings. The fourth-order valence-corrected chi connectivity index (χ4v) is 2.92. The Balaban J connectivity index is 1.57. The first kappa shape index (κ1) is 14.0. The van der Waals surface area contributed by atoms with Crippen molar-refractivity contribution in [2.24, 2.45) is 0 Å². The maximum Gasteiger partial charge on any atom is 0.229 e. The van der Waals surface area contributed by atoms with Gasteiger partial charge < -0.3 is 14.6 Å². The van der Waals surface area contributed by atoms with Gasteiger partial charge in [-0.15, -0.1) is 0 Å². The number of hydrogen-bond donors (Lipinski definition) is 1. The Labute approximate surface area is 119 Å². The van der Waals surface area contributed by atoms with Crippen LogP contribution < -0.4 is 5.32 Å². The molecule has 0 amide bonds. The summed E-state index contributed by atoms with van der Waals surface area (Å²) in [7, 11) is 0. The molecule has 20 heavy (non-hydrogen) atoms. The molecule has 2 atom stereocenters. The van der Waals surface area contributed by atoms with Crippen molar-refractivity contribution in [3.05, 3.63) is 11.7 Å². The zero-order valence-corrected chi connectivity index (χ0v) is 12.2. The van der Waals surface area contributed by atoms with E-state index < -0.39 is 0 Å². The maximum absolute atomic E-state index is 5.72. The lowest BCUT2D eigenvalue weighted by atomic mass is 10.1. The Kier molecular flexibility index (Phi) is 4.65. The van der Waals surface area contributed by atoms with E-state index in [1.165, 1.54) is 12.8 Å². The van der Waals surface area contributed by atoms with Crippen LogP contribution in [-0.4, -0.2) is 53.9 Å². The van der Waals surface area contributed by atoms with Crippen LogP contribution >= 0.6 is 0 Å². The smallest absolute Gasteiger partial charge is 0.229 e. The van der Waals surface area contributed by atoms with Crippen molar-refractivity contribution in [3.63, 3.8) is 0 Å². The molecule has 0 aromatic carbocycles. The third kappa shape index (κ3) is 3.37. The fourth-order valence-electron chi connectivity index (χ4n) is 2.92. The van der Waals surface area contributed by atoms with Gasteiger partial charge in [0.05, 0.1) is 18.6 Å². The van der Waals surface area contributed by atoms with Gasteiger partial charge in [-0.05, 0) is 26.2 Å². The molecule has 2 aliphatic rings. The zero-order valence-electron chi connectivity index (χ0n) is 12.2. The number of rotatable bonds is 4. The largest absolute Gasteiger partial charge is 0.378 e. The summed E-state index contributed by atoms with van der Waals surface area (Å²) < 4.78 is 11.1. The van der Waals surface area contributed by atoms with Crippen LogP contribution in [0.25, 0.3) is 0 Å². The molecule has 2 fully saturated rings. The average Bonchev–Trinajstić information content (AvgIpc) is 2.97. The number of aromatic nitrogens is 2. The van der Waals surface area contributed by atoms with E-state index in [0.29, 0.717) is 5.89 Å². The summed E-state index contributed by atoms with van der Waals surface area (Å²) in [5.74, 6) is 1.52. The van der Waals surface area contributed by atoms with Crippen LogP contribution in [0.1, 0.15) is 43.9 Å². The van der Waals surface area contributed by atoms with Crippen LogP contribution in [-0.2, 0) is 11.2 Å². The van der Waals surface area contributed by atoms with Crippen molar-refractivity contribution >= 4 is 0 Å². The van der Waals surface area contributed by atoms with E-state index in [1.54, 1.807) is 0 Å². The summed E-state index contributed by atoms with van der Waals surface area (Å²) in [5, 5.41) is 7.51. The van der Waals surface area contributed by atoms with Crippen molar-refractivity contribution < 1.29 is 9.26 Å². The molecule has 112 valence electrons. The van der Waals surface area contributed by atoms with Crippen molar-refractivity contribution in [3.8, 4) is 0 Å². The normalized spacial score (nSPS) is 26.6. The lowest BCUT2D eigenvalue weighted by Crippen LogP contribution is -2.44. The molecule has 0 spiro atoms. The van der Waals surface area contributed by atoms with Crippen molar-refractivity contribution in [2.45, 2.75) is 44.8 Å². The highest BCUT2D eigenvalue weighted by Gasteiger charge is 2.24. The summed E-state index contributed by atoms with van der Waals surface area (Å²) in [6.07, 6.45) is 4.52. The highest BCUT2D eigenvalue weighted by Crippen LogP contribution is 2.20. The molecule has 0 radical (unpaired) electrons. The third-order valence-corrected chi connectivity index (χ3v) is 4.23. The Morgan fingerprint density at radius 1 is 1.35 bits per heavy atom. The molecule has 2 aliphatic heterocycles. The van der Waals surface area contributed by atoms with E-state index in [2.05, 4.69) is 27.3 Å². The summed E-state index contributed by atoms with van der Waals surface area (Å²) >= 11 is 0. The van der Waals surface area contributed by atoms with Gasteiger partial charge in [0.25, 0.3) is 0 Å². The average molecular weight is 280 g/mol. The van der Waals surface area contributed by atoms with Gasteiger partial charge in [-0.2, -0.15) is 4.98 Å². The second-order valence-electron chi connectivity index (χ2n) is 5.70. The van der Waals surface area contributed by atoms with Crippen molar-refractivity contribution in [1.82, 2.24) is 20.4 Å². The van der Waals surface area contributed by atoms with Gasteiger partial charge in [0, 0.05) is 32.8 Å². The molecule has 1 N–H and O–H groups in total. The van der Waals surface area contributed by atoms with Crippen molar-refractivity contribution in [2.75, 3.05) is 32.8 Å². The first-order valence-corrected chi connectivity index (χ1v) is 7.72. The van der Waals surface area contributed by atoms with Crippen LogP contribution in [0.4, 0.5) is 0 Å². The van der Waals surface area contributed by atoms with Gasteiger partial charge >= 0.3 is 0 Å². The summed E-state index contributed by atoms with van der Waals surface area (Å²) in [6.45, 7) is 7.16. The lowest BCUT2D eigenvalue weighted by Gasteiger charge is -2.30. The van der Waals surface area contributed by atoms with Gasteiger partial charge in [0.1, 0.15) is 0 Å². The second kappa shape index (κ2) is 6.65. The number of piperazine rings is 1. The summed E-state index contributed by atoms with van der Waals surface area (Å²) in [5.41, 5.74) is 0. The topological polar surface area (TPSA) is 63.4 Å². The Bertz CT molecular complexity index is 411. The van der Waals surface area contributed by atoms with Gasteiger partial charge in [-0.1, -0.05) is 5.16 Å². The van der Waals surface area contributed by atoms with Gasteiger partial charge in [0.2, 0.25) is 5.89 Å². The monoisotopic (exact) mass is 280 g/mol.